The van der Waals surface area contributed by atoms with E-state index in [1.165, 1.54) is 16.8 Å². The molecular formula is C21H27N3OS. The van der Waals surface area contributed by atoms with Crippen LogP contribution in [-0.2, 0) is 4.79 Å². The number of piperazine rings is 1. The molecule has 1 N–H and O–H groups in total. The molecule has 0 bridgehead atoms. The zero-order chi connectivity index (χ0) is 18.5. The molecule has 1 fully saturated rings. The third-order valence-electron chi connectivity index (χ3n) is 4.78. The van der Waals surface area contributed by atoms with Gasteiger partial charge in [-0.25, -0.2) is 0 Å². The molecule has 5 heteroatoms. The van der Waals surface area contributed by atoms with Crippen molar-refractivity contribution in [3.63, 3.8) is 0 Å². The van der Waals surface area contributed by atoms with Crippen molar-refractivity contribution < 1.29 is 4.79 Å². The van der Waals surface area contributed by atoms with Crippen LogP contribution in [0.25, 0.3) is 0 Å². The Hall–Kier alpha value is -1.98. The number of aryl methyl sites for hydroxylation is 2. The summed E-state index contributed by atoms with van der Waals surface area (Å²) < 4.78 is 0. The van der Waals surface area contributed by atoms with E-state index in [-0.39, 0.29) is 5.91 Å². The predicted molar refractivity (Wildman–Crippen MR) is 111 cm³/mol. The zero-order valence-corrected chi connectivity index (χ0v) is 16.6. The number of anilines is 2. The van der Waals surface area contributed by atoms with Crippen molar-refractivity contribution >= 4 is 29.0 Å². The maximum atomic E-state index is 12.3. The maximum Gasteiger partial charge on any atom is 0.234 e. The number of carbonyl (C=O) groups excluding carboxylic acids is 1. The molecule has 2 aromatic rings. The first-order valence-electron chi connectivity index (χ1n) is 9.05. The standard InChI is InChI=1S/C21H27N3OS/c1-16-6-4-5-7-20(16)26-15-21(25)22-18-8-9-19(17(2)14-18)24-12-10-23(3)11-13-24/h4-9,14H,10-13,15H2,1-3H3,(H,22,25). The lowest BCUT2D eigenvalue weighted by atomic mass is 10.1. The van der Waals surface area contributed by atoms with Crippen LogP contribution < -0.4 is 10.2 Å². The van der Waals surface area contributed by atoms with Crippen LogP contribution in [0.3, 0.4) is 0 Å². The van der Waals surface area contributed by atoms with Gasteiger partial charge < -0.3 is 15.1 Å². The van der Waals surface area contributed by atoms with E-state index in [2.05, 4.69) is 60.3 Å². The highest BCUT2D eigenvalue weighted by Gasteiger charge is 2.16. The number of hydrogen-bond donors (Lipinski definition) is 1. The smallest absolute Gasteiger partial charge is 0.234 e. The molecule has 0 saturated carbocycles. The van der Waals surface area contributed by atoms with Gasteiger partial charge in [-0.1, -0.05) is 18.2 Å². The van der Waals surface area contributed by atoms with E-state index >= 15 is 0 Å². The Labute approximate surface area is 160 Å². The summed E-state index contributed by atoms with van der Waals surface area (Å²) in [5.41, 5.74) is 4.55. The Balaban J connectivity index is 1.57. The lowest BCUT2D eigenvalue weighted by Crippen LogP contribution is -2.44. The average molecular weight is 370 g/mol. The Morgan fingerprint density at radius 1 is 1.04 bits per heavy atom. The van der Waals surface area contributed by atoms with Gasteiger partial charge in [-0.05, 0) is 56.3 Å². The number of thioether (sulfide) groups is 1. The van der Waals surface area contributed by atoms with Crippen LogP contribution in [0.4, 0.5) is 11.4 Å². The van der Waals surface area contributed by atoms with Crippen molar-refractivity contribution in [1.29, 1.82) is 0 Å². The normalized spacial score (nSPS) is 15.1. The molecule has 1 aliphatic heterocycles. The van der Waals surface area contributed by atoms with Crippen LogP contribution in [0.5, 0.6) is 0 Å². The summed E-state index contributed by atoms with van der Waals surface area (Å²) in [5.74, 6) is 0.453. The number of benzene rings is 2. The first-order valence-corrected chi connectivity index (χ1v) is 10.0. The SMILES string of the molecule is Cc1ccccc1SCC(=O)Nc1ccc(N2CCN(C)CC2)c(C)c1. The number of rotatable bonds is 5. The maximum absolute atomic E-state index is 12.3. The fourth-order valence-electron chi connectivity index (χ4n) is 3.19. The average Bonchev–Trinajstić information content (AvgIpc) is 2.62. The summed E-state index contributed by atoms with van der Waals surface area (Å²) in [6.45, 7) is 8.47. The number of carbonyl (C=O) groups is 1. The van der Waals surface area contributed by atoms with Gasteiger partial charge in [0.2, 0.25) is 5.91 Å². The van der Waals surface area contributed by atoms with E-state index in [1.807, 2.05) is 18.2 Å². The highest BCUT2D eigenvalue weighted by atomic mass is 32.2. The molecule has 2 aromatic carbocycles. The molecule has 26 heavy (non-hydrogen) atoms. The van der Waals surface area contributed by atoms with Gasteiger partial charge in [0.1, 0.15) is 0 Å². The van der Waals surface area contributed by atoms with E-state index in [4.69, 9.17) is 0 Å². The van der Waals surface area contributed by atoms with Crippen molar-refractivity contribution in [2.75, 3.05) is 49.2 Å². The number of hydrogen-bond acceptors (Lipinski definition) is 4. The lowest BCUT2D eigenvalue weighted by molar-refractivity contribution is -0.113. The Bertz CT molecular complexity index is 770. The van der Waals surface area contributed by atoms with Crippen LogP contribution in [0.1, 0.15) is 11.1 Å². The van der Waals surface area contributed by atoms with E-state index in [0.717, 1.165) is 36.8 Å². The largest absolute Gasteiger partial charge is 0.369 e. The number of nitrogens with one attached hydrogen (secondary N) is 1. The molecule has 0 radical (unpaired) electrons. The van der Waals surface area contributed by atoms with Crippen molar-refractivity contribution in [2.24, 2.45) is 0 Å². The highest BCUT2D eigenvalue weighted by Crippen LogP contribution is 2.25. The molecule has 0 atom stereocenters. The van der Waals surface area contributed by atoms with Crippen LogP contribution in [0.2, 0.25) is 0 Å². The second kappa shape index (κ2) is 8.60. The number of likely N-dealkylation sites (N-methyl/N-ethyl adjacent to an activating group) is 1. The van der Waals surface area contributed by atoms with Gasteiger partial charge >= 0.3 is 0 Å². The summed E-state index contributed by atoms with van der Waals surface area (Å²) in [6.07, 6.45) is 0. The van der Waals surface area contributed by atoms with E-state index < -0.39 is 0 Å². The summed E-state index contributed by atoms with van der Waals surface area (Å²) >= 11 is 1.58. The van der Waals surface area contributed by atoms with Crippen molar-refractivity contribution in [2.45, 2.75) is 18.7 Å². The van der Waals surface area contributed by atoms with Gasteiger partial charge in [-0.15, -0.1) is 11.8 Å². The van der Waals surface area contributed by atoms with Crippen molar-refractivity contribution in [3.05, 3.63) is 53.6 Å². The molecule has 0 aliphatic carbocycles. The fourth-order valence-corrected chi connectivity index (χ4v) is 4.02. The van der Waals surface area contributed by atoms with Gasteiger partial charge in [-0.2, -0.15) is 0 Å². The summed E-state index contributed by atoms with van der Waals surface area (Å²) in [7, 11) is 2.16. The van der Waals surface area contributed by atoms with Crippen molar-refractivity contribution in [1.82, 2.24) is 4.90 Å². The minimum absolute atomic E-state index is 0.0324. The van der Waals surface area contributed by atoms with Crippen LogP contribution in [0.15, 0.2) is 47.4 Å². The minimum Gasteiger partial charge on any atom is -0.369 e. The van der Waals surface area contributed by atoms with Gasteiger partial charge in [-0.3, -0.25) is 4.79 Å². The monoisotopic (exact) mass is 369 g/mol. The predicted octanol–water partition coefficient (Wildman–Crippen LogP) is 3.79. The first kappa shape index (κ1) is 18.8. The molecule has 1 heterocycles. The molecule has 3 rings (SSSR count). The van der Waals surface area contributed by atoms with Gasteiger partial charge in [0, 0.05) is 42.4 Å². The summed E-state index contributed by atoms with van der Waals surface area (Å²) in [5, 5.41) is 3.02. The Morgan fingerprint density at radius 2 is 1.77 bits per heavy atom. The molecule has 0 spiro atoms. The van der Waals surface area contributed by atoms with Gasteiger partial charge in [0.15, 0.2) is 0 Å². The Kier molecular flexibility index (Phi) is 6.22. The summed E-state index contributed by atoms with van der Waals surface area (Å²) in [6, 6.07) is 14.4. The topological polar surface area (TPSA) is 35.6 Å². The zero-order valence-electron chi connectivity index (χ0n) is 15.8. The molecule has 0 aromatic heterocycles. The van der Waals surface area contributed by atoms with Crippen molar-refractivity contribution in [3.8, 4) is 0 Å². The molecule has 1 aliphatic rings. The van der Waals surface area contributed by atoms with Gasteiger partial charge in [0.05, 0.1) is 5.75 Å². The fraction of sp³-hybridized carbons (Fsp3) is 0.381. The number of amides is 1. The molecule has 1 amide bonds. The first-order chi connectivity index (χ1) is 12.5. The lowest BCUT2D eigenvalue weighted by Gasteiger charge is -2.35. The number of nitrogens with zero attached hydrogens (tertiary/aromatic N) is 2. The summed E-state index contributed by atoms with van der Waals surface area (Å²) in [4.78, 5) is 18.2. The van der Waals surface area contributed by atoms with Crippen LogP contribution in [-0.4, -0.2) is 49.8 Å². The molecule has 0 unspecified atom stereocenters. The van der Waals surface area contributed by atoms with Gasteiger partial charge in [0.25, 0.3) is 0 Å². The molecule has 4 nitrogen and oxygen atoms in total. The third-order valence-corrected chi connectivity index (χ3v) is 5.95. The second-order valence-electron chi connectivity index (χ2n) is 6.89. The third kappa shape index (κ3) is 4.80. The van der Waals surface area contributed by atoms with E-state index in [0.29, 0.717) is 5.75 Å². The van der Waals surface area contributed by atoms with E-state index in [9.17, 15) is 4.79 Å². The minimum atomic E-state index is 0.0324. The van der Waals surface area contributed by atoms with E-state index in [1.54, 1.807) is 11.8 Å². The molecule has 1 saturated heterocycles. The van der Waals surface area contributed by atoms with Crippen LogP contribution in [0, 0.1) is 13.8 Å². The molecular weight excluding hydrogens is 342 g/mol. The quantitative estimate of drug-likeness (QED) is 0.814. The highest BCUT2D eigenvalue weighted by molar-refractivity contribution is 8.00. The van der Waals surface area contributed by atoms with Crippen LogP contribution >= 0.6 is 11.8 Å². The second-order valence-corrected chi connectivity index (χ2v) is 7.91. The molecule has 138 valence electrons. The Morgan fingerprint density at radius 3 is 2.46 bits per heavy atom.